The molecule has 0 unspecified atom stereocenters. The molecule has 6 nitrogen and oxygen atoms in total. The van der Waals surface area contributed by atoms with Crippen LogP contribution in [0, 0.1) is 6.92 Å². The molecular weight excluding hydrogens is 264 g/mol. The average Bonchev–Trinajstić information content (AvgIpc) is 2.98. The van der Waals surface area contributed by atoms with E-state index in [9.17, 15) is 0 Å². The van der Waals surface area contributed by atoms with E-state index in [0.717, 1.165) is 43.4 Å². The Hall–Kier alpha value is -2.08. The van der Waals surface area contributed by atoms with E-state index in [4.69, 9.17) is 0 Å². The van der Waals surface area contributed by atoms with Gasteiger partial charge in [0.25, 0.3) is 0 Å². The third-order valence-corrected chi connectivity index (χ3v) is 3.91. The third kappa shape index (κ3) is 3.33. The second kappa shape index (κ2) is 6.13. The first-order valence-corrected chi connectivity index (χ1v) is 7.22. The van der Waals surface area contributed by atoms with Crippen LogP contribution in [-0.4, -0.2) is 51.0 Å². The van der Waals surface area contributed by atoms with Crippen LogP contribution in [0.1, 0.15) is 17.9 Å². The van der Waals surface area contributed by atoms with E-state index in [1.54, 1.807) is 18.7 Å². The number of rotatable bonds is 4. The van der Waals surface area contributed by atoms with Crippen LogP contribution in [0.2, 0.25) is 0 Å². The van der Waals surface area contributed by atoms with Crippen LogP contribution in [0.15, 0.2) is 30.9 Å². The molecule has 0 bridgehead atoms. The van der Waals surface area contributed by atoms with E-state index in [0.29, 0.717) is 6.04 Å². The summed E-state index contributed by atoms with van der Waals surface area (Å²) in [5.41, 5.74) is 1.01. The van der Waals surface area contributed by atoms with Crippen LogP contribution < -0.4 is 4.90 Å². The summed E-state index contributed by atoms with van der Waals surface area (Å²) in [4.78, 5) is 21.8. The molecule has 0 saturated carbocycles. The van der Waals surface area contributed by atoms with Crippen LogP contribution in [0.5, 0.6) is 0 Å². The van der Waals surface area contributed by atoms with Gasteiger partial charge in [-0.1, -0.05) is 0 Å². The molecule has 1 fully saturated rings. The van der Waals surface area contributed by atoms with Gasteiger partial charge in [0.2, 0.25) is 0 Å². The Morgan fingerprint density at radius 1 is 1.24 bits per heavy atom. The highest BCUT2D eigenvalue weighted by Crippen LogP contribution is 2.21. The van der Waals surface area contributed by atoms with E-state index in [2.05, 4.69) is 36.8 Å². The number of aromatic nitrogens is 4. The van der Waals surface area contributed by atoms with Gasteiger partial charge < -0.3 is 4.90 Å². The standard InChI is InChI=1S/C15H20N6/c1-12-8-15(19-11-18-12)21-7-4-13(9-21)20(2)10-14-16-5-3-6-17-14/h3,5-6,8,11,13H,4,7,9-10H2,1-2H3/t13-/m1/s1. The summed E-state index contributed by atoms with van der Waals surface area (Å²) in [6.07, 6.45) is 6.35. The molecule has 3 rings (SSSR count). The summed E-state index contributed by atoms with van der Waals surface area (Å²) < 4.78 is 0. The Morgan fingerprint density at radius 3 is 2.81 bits per heavy atom. The Kier molecular flexibility index (Phi) is 4.06. The minimum absolute atomic E-state index is 0.504. The lowest BCUT2D eigenvalue weighted by Gasteiger charge is -2.24. The van der Waals surface area contributed by atoms with Crippen molar-refractivity contribution in [1.82, 2.24) is 24.8 Å². The molecule has 0 spiro atoms. The van der Waals surface area contributed by atoms with Crippen LogP contribution in [0.25, 0.3) is 0 Å². The van der Waals surface area contributed by atoms with E-state index in [1.165, 1.54) is 0 Å². The van der Waals surface area contributed by atoms with Crippen molar-refractivity contribution >= 4 is 5.82 Å². The largest absolute Gasteiger partial charge is 0.355 e. The molecule has 2 aromatic heterocycles. The van der Waals surface area contributed by atoms with Gasteiger partial charge in [-0.15, -0.1) is 0 Å². The Labute approximate surface area is 124 Å². The monoisotopic (exact) mass is 284 g/mol. The molecule has 0 radical (unpaired) electrons. The predicted molar refractivity (Wildman–Crippen MR) is 80.9 cm³/mol. The first-order valence-electron chi connectivity index (χ1n) is 7.22. The van der Waals surface area contributed by atoms with E-state index in [1.807, 2.05) is 19.1 Å². The predicted octanol–water partition coefficient (Wildman–Crippen LogP) is 1.29. The van der Waals surface area contributed by atoms with Gasteiger partial charge >= 0.3 is 0 Å². The minimum Gasteiger partial charge on any atom is -0.355 e. The number of hydrogen-bond acceptors (Lipinski definition) is 6. The summed E-state index contributed by atoms with van der Waals surface area (Å²) in [5, 5.41) is 0. The van der Waals surface area contributed by atoms with Crippen molar-refractivity contribution in [3.8, 4) is 0 Å². The Morgan fingerprint density at radius 2 is 2.05 bits per heavy atom. The zero-order valence-electron chi connectivity index (χ0n) is 12.5. The van der Waals surface area contributed by atoms with Gasteiger partial charge in [0, 0.05) is 43.3 Å². The van der Waals surface area contributed by atoms with E-state index < -0.39 is 0 Å². The topological polar surface area (TPSA) is 58.0 Å². The van der Waals surface area contributed by atoms with Crippen molar-refractivity contribution in [3.63, 3.8) is 0 Å². The lowest BCUT2D eigenvalue weighted by Crippen LogP contribution is -2.34. The van der Waals surface area contributed by atoms with Gasteiger partial charge in [-0.25, -0.2) is 19.9 Å². The summed E-state index contributed by atoms with van der Waals surface area (Å²) in [5.74, 6) is 1.89. The maximum atomic E-state index is 4.37. The molecule has 1 saturated heterocycles. The van der Waals surface area contributed by atoms with Crippen LogP contribution in [-0.2, 0) is 6.54 Å². The molecule has 110 valence electrons. The smallest absolute Gasteiger partial charge is 0.142 e. The lowest BCUT2D eigenvalue weighted by molar-refractivity contribution is 0.244. The quantitative estimate of drug-likeness (QED) is 0.843. The normalized spacial score (nSPS) is 18.4. The van der Waals surface area contributed by atoms with Gasteiger partial charge in [0.05, 0.1) is 6.54 Å². The molecular formula is C15H20N6. The first kappa shape index (κ1) is 13.9. The molecule has 2 aromatic rings. The van der Waals surface area contributed by atoms with Crippen LogP contribution >= 0.6 is 0 Å². The summed E-state index contributed by atoms with van der Waals surface area (Å²) >= 11 is 0. The van der Waals surface area contributed by atoms with E-state index >= 15 is 0 Å². The lowest BCUT2D eigenvalue weighted by atomic mass is 10.2. The maximum Gasteiger partial charge on any atom is 0.142 e. The van der Waals surface area contributed by atoms with Crippen molar-refractivity contribution in [1.29, 1.82) is 0 Å². The number of likely N-dealkylation sites (N-methyl/N-ethyl adjacent to an activating group) is 1. The van der Waals surface area contributed by atoms with Crippen LogP contribution in [0.3, 0.4) is 0 Å². The number of aryl methyl sites for hydroxylation is 1. The third-order valence-electron chi connectivity index (χ3n) is 3.91. The molecule has 1 atom stereocenters. The number of nitrogens with zero attached hydrogens (tertiary/aromatic N) is 6. The van der Waals surface area contributed by atoms with Crippen molar-refractivity contribution in [3.05, 3.63) is 42.4 Å². The van der Waals surface area contributed by atoms with Gasteiger partial charge in [0.15, 0.2) is 0 Å². The van der Waals surface area contributed by atoms with Gasteiger partial charge in [0.1, 0.15) is 18.0 Å². The summed E-state index contributed by atoms with van der Waals surface area (Å²) in [7, 11) is 2.13. The van der Waals surface area contributed by atoms with Crippen LogP contribution in [0.4, 0.5) is 5.82 Å². The van der Waals surface area contributed by atoms with Crippen molar-refractivity contribution < 1.29 is 0 Å². The van der Waals surface area contributed by atoms with E-state index in [-0.39, 0.29) is 0 Å². The second-order valence-electron chi connectivity index (χ2n) is 5.49. The van der Waals surface area contributed by atoms with Gasteiger partial charge in [-0.05, 0) is 26.5 Å². The van der Waals surface area contributed by atoms with Crippen molar-refractivity contribution in [2.75, 3.05) is 25.0 Å². The SMILES string of the molecule is Cc1cc(N2CC[C@@H](N(C)Cc3ncccn3)C2)ncn1. The molecule has 1 aliphatic heterocycles. The summed E-state index contributed by atoms with van der Waals surface area (Å²) in [6.45, 7) is 4.79. The fourth-order valence-corrected chi connectivity index (χ4v) is 2.69. The second-order valence-corrected chi connectivity index (χ2v) is 5.49. The van der Waals surface area contributed by atoms with Crippen molar-refractivity contribution in [2.24, 2.45) is 0 Å². The Balaban J connectivity index is 1.61. The Bertz CT molecular complexity index is 588. The summed E-state index contributed by atoms with van der Waals surface area (Å²) in [6, 6.07) is 4.39. The maximum absolute atomic E-state index is 4.37. The molecule has 0 aromatic carbocycles. The van der Waals surface area contributed by atoms with Gasteiger partial charge in [-0.3, -0.25) is 4.90 Å². The molecule has 0 amide bonds. The number of hydrogen-bond donors (Lipinski definition) is 0. The molecule has 1 aliphatic rings. The first-order chi connectivity index (χ1) is 10.2. The molecule has 6 heteroatoms. The molecule has 0 N–H and O–H groups in total. The molecule has 21 heavy (non-hydrogen) atoms. The van der Waals surface area contributed by atoms with Gasteiger partial charge in [-0.2, -0.15) is 0 Å². The zero-order chi connectivity index (χ0) is 14.7. The fourth-order valence-electron chi connectivity index (χ4n) is 2.69. The highest BCUT2D eigenvalue weighted by molar-refractivity contribution is 5.40. The average molecular weight is 284 g/mol. The zero-order valence-corrected chi connectivity index (χ0v) is 12.5. The van der Waals surface area contributed by atoms with Crippen molar-refractivity contribution in [2.45, 2.75) is 25.9 Å². The minimum atomic E-state index is 0.504. The fraction of sp³-hybridized carbons (Fsp3) is 0.467. The highest BCUT2D eigenvalue weighted by atomic mass is 15.3. The number of anilines is 1. The highest BCUT2D eigenvalue weighted by Gasteiger charge is 2.27. The molecule has 0 aliphatic carbocycles. The molecule has 3 heterocycles.